The summed E-state index contributed by atoms with van der Waals surface area (Å²) in [5.74, 6) is -3.51. The number of aryl methyl sites for hydroxylation is 1. The summed E-state index contributed by atoms with van der Waals surface area (Å²) in [6.45, 7) is 1.51. The summed E-state index contributed by atoms with van der Waals surface area (Å²) in [7, 11) is 0. The second-order valence-electron chi connectivity index (χ2n) is 10.1. The number of thioether (sulfide) groups is 1. The first-order chi connectivity index (χ1) is 20.4. The van der Waals surface area contributed by atoms with Gasteiger partial charge in [-0.3, -0.25) is 23.7 Å². The van der Waals surface area contributed by atoms with E-state index in [2.05, 4.69) is 21.2 Å². The number of carbonyl (C=O) groups excluding carboxylic acids is 3. The van der Waals surface area contributed by atoms with Gasteiger partial charge in [-0.25, -0.2) is 4.90 Å². The van der Waals surface area contributed by atoms with Crippen molar-refractivity contribution in [3.8, 4) is 0 Å². The zero-order chi connectivity index (χ0) is 30.6. The fraction of sp³-hybridized carbons (Fsp3) is 0.200. The smallest absolute Gasteiger partial charge is 0.324 e. The second kappa shape index (κ2) is 11.1. The number of fused-ring (bicyclic) bond motifs is 2. The van der Waals surface area contributed by atoms with Gasteiger partial charge in [-0.05, 0) is 54.4 Å². The third-order valence-corrected chi connectivity index (χ3v) is 10.5. The lowest BCUT2D eigenvalue weighted by molar-refractivity contribution is -0.137. The van der Waals surface area contributed by atoms with E-state index in [4.69, 9.17) is 0 Å². The molecular formula is C30H21BrF3N3O4S2. The Bertz CT molecular complexity index is 1850. The fourth-order valence-electron chi connectivity index (χ4n) is 5.44. The number of hydrogen-bond acceptors (Lipinski definition) is 6. The number of nitrogens with one attached hydrogen (secondary N) is 1. The normalized spacial score (nSPS) is 19.7. The van der Waals surface area contributed by atoms with Gasteiger partial charge < -0.3 is 5.32 Å². The molecule has 3 atom stereocenters. The average Bonchev–Trinajstić information content (AvgIpc) is 3.40. The van der Waals surface area contributed by atoms with E-state index in [1.807, 2.05) is 19.1 Å². The Morgan fingerprint density at radius 2 is 1.72 bits per heavy atom. The maximum absolute atomic E-state index is 13.9. The number of alkyl halides is 3. The van der Waals surface area contributed by atoms with Crippen LogP contribution in [0.2, 0.25) is 0 Å². The van der Waals surface area contributed by atoms with Crippen LogP contribution in [-0.4, -0.2) is 27.5 Å². The lowest BCUT2D eigenvalue weighted by Gasteiger charge is -2.30. The predicted molar refractivity (Wildman–Crippen MR) is 161 cm³/mol. The SMILES string of the molecule is Cc1ccccc1NC(=O)Cn1c2c(sc1=O)[C@@H](c1cccc(Br)c1)[C@@H]1C(=O)N(c3cccc(C(F)(F)F)c3)C(=O)[C@@H]1S2. The number of halogens is 4. The first-order valence-corrected chi connectivity index (χ1v) is 15.5. The molecular weight excluding hydrogens is 667 g/mol. The summed E-state index contributed by atoms with van der Waals surface area (Å²) in [5.41, 5.74) is 0.927. The highest BCUT2D eigenvalue weighted by Crippen LogP contribution is 2.54. The third-order valence-electron chi connectivity index (χ3n) is 7.41. The molecule has 6 rings (SSSR count). The van der Waals surface area contributed by atoms with Gasteiger partial charge in [-0.2, -0.15) is 13.2 Å². The maximum atomic E-state index is 13.9. The monoisotopic (exact) mass is 687 g/mol. The fourth-order valence-corrected chi connectivity index (χ4v) is 8.63. The van der Waals surface area contributed by atoms with Crippen molar-refractivity contribution in [3.05, 3.63) is 109 Å². The molecule has 2 aliphatic rings. The van der Waals surface area contributed by atoms with Crippen LogP contribution in [0.3, 0.4) is 0 Å². The van der Waals surface area contributed by atoms with Gasteiger partial charge in [0, 0.05) is 21.0 Å². The molecule has 3 aromatic carbocycles. The van der Waals surface area contributed by atoms with Crippen LogP contribution in [0, 0.1) is 12.8 Å². The number of nitrogens with zero attached hydrogens (tertiary/aromatic N) is 2. The summed E-state index contributed by atoms with van der Waals surface area (Å²) >= 11 is 5.33. The molecule has 7 nitrogen and oxygen atoms in total. The van der Waals surface area contributed by atoms with Crippen molar-refractivity contribution in [2.24, 2.45) is 5.92 Å². The summed E-state index contributed by atoms with van der Waals surface area (Å²) in [4.78, 5) is 55.0. The van der Waals surface area contributed by atoms with E-state index in [9.17, 15) is 32.3 Å². The van der Waals surface area contributed by atoms with Gasteiger partial charge in [-0.15, -0.1) is 0 Å². The Kier molecular flexibility index (Phi) is 7.59. The molecule has 3 heterocycles. The van der Waals surface area contributed by atoms with E-state index in [1.165, 1.54) is 10.6 Å². The van der Waals surface area contributed by atoms with Crippen molar-refractivity contribution in [1.82, 2.24) is 4.57 Å². The molecule has 0 aliphatic carbocycles. The van der Waals surface area contributed by atoms with Gasteiger partial charge in [0.15, 0.2) is 0 Å². The van der Waals surface area contributed by atoms with Crippen LogP contribution in [-0.2, 0) is 27.1 Å². The number of aromatic nitrogens is 1. The summed E-state index contributed by atoms with van der Waals surface area (Å²) in [5, 5.41) is 2.16. The highest BCUT2D eigenvalue weighted by atomic mass is 79.9. The average molecular weight is 689 g/mol. The minimum atomic E-state index is -4.67. The van der Waals surface area contributed by atoms with Crippen molar-refractivity contribution in [3.63, 3.8) is 0 Å². The predicted octanol–water partition coefficient (Wildman–Crippen LogP) is 6.43. The molecule has 1 aromatic heterocycles. The van der Waals surface area contributed by atoms with Gasteiger partial charge in [0.05, 0.1) is 22.2 Å². The molecule has 2 aliphatic heterocycles. The molecule has 0 spiro atoms. The van der Waals surface area contributed by atoms with Gasteiger partial charge in [0.25, 0.3) is 0 Å². The van der Waals surface area contributed by atoms with Crippen LogP contribution in [0.4, 0.5) is 24.5 Å². The van der Waals surface area contributed by atoms with Crippen LogP contribution in [0.1, 0.15) is 27.5 Å². The lowest BCUT2D eigenvalue weighted by atomic mass is 9.83. The number of para-hydroxylation sites is 1. The Labute approximate surface area is 259 Å². The number of anilines is 2. The number of imide groups is 1. The van der Waals surface area contributed by atoms with E-state index >= 15 is 0 Å². The Balaban J connectivity index is 1.42. The highest BCUT2D eigenvalue weighted by molar-refractivity contribution is 9.10. The highest BCUT2D eigenvalue weighted by Gasteiger charge is 2.57. The molecule has 0 radical (unpaired) electrons. The van der Waals surface area contributed by atoms with Gasteiger partial charge in [0.2, 0.25) is 17.7 Å². The number of thiazole rings is 1. The molecule has 0 unspecified atom stereocenters. The van der Waals surface area contributed by atoms with Crippen LogP contribution >= 0.6 is 39.0 Å². The number of rotatable bonds is 5. The van der Waals surface area contributed by atoms with Gasteiger partial charge in [-0.1, -0.05) is 75.4 Å². The molecule has 3 amide bonds. The van der Waals surface area contributed by atoms with E-state index in [0.29, 0.717) is 25.6 Å². The Hall–Kier alpha value is -3.68. The third kappa shape index (κ3) is 5.34. The molecule has 13 heteroatoms. The largest absolute Gasteiger partial charge is 0.416 e. The molecule has 220 valence electrons. The molecule has 0 saturated carbocycles. The van der Waals surface area contributed by atoms with Crippen LogP contribution < -0.4 is 15.1 Å². The van der Waals surface area contributed by atoms with Gasteiger partial charge in [0.1, 0.15) is 11.8 Å². The molecule has 0 bridgehead atoms. The number of carbonyl (C=O) groups is 3. The first kappa shape index (κ1) is 29.4. The Morgan fingerprint density at radius 3 is 2.44 bits per heavy atom. The van der Waals surface area contributed by atoms with Crippen LogP contribution in [0.25, 0.3) is 0 Å². The Morgan fingerprint density at radius 1 is 0.977 bits per heavy atom. The summed E-state index contributed by atoms with van der Waals surface area (Å²) in [6, 6.07) is 18.4. The van der Waals surface area contributed by atoms with Crippen molar-refractivity contribution in [2.75, 3.05) is 10.2 Å². The summed E-state index contributed by atoms with van der Waals surface area (Å²) in [6.07, 6.45) is -4.67. The first-order valence-electron chi connectivity index (χ1n) is 13.0. The number of hydrogen-bond donors (Lipinski definition) is 1. The minimum absolute atomic E-state index is 0.175. The van der Waals surface area contributed by atoms with E-state index in [-0.39, 0.29) is 12.2 Å². The topological polar surface area (TPSA) is 88.5 Å². The zero-order valence-electron chi connectivity index (χ0n) is 22.2. The summed E-state index contributed by atoms with van der Waals surface area (Å²) < 4.78 is 42.5. The molecule has 1 fully saturated rings. The van der Waals surface area contributed by atoms with E-state index < -0.39 is 51.4 Å². The quantitative estimate of drug-likeness (QED) is 0.244. The van der Waals surface area contributed by atoms with Gasteiger partial charge >= 0.3 is 11.0 Å². The zero-order valence-corrected chi connectivity index (χ0v) is 25.4. The van der Waals surface area contributed by atoms with E-state index in [1.54, 1.807) is 36.4 Å². The maximum Gasteiger partial charge on any atom is 0.416 e. The molecule has 43 heavy (non-hydrogen) atoms. The van der Waals surface area contributed by atoms with Crippen molar-refractivity contribution in [1.29, 1.82) is 0 Å². The second-order valence-corrected chi connectivity index (χ2v) is 13.2. The van der Waals surface area contributed by atoms with E-state index in [0.717, 1.165) is 51.8 Å². The van der Waals surface area contributed by atoms with Crippen molar-refractivity contribution in [2.45, 2.75) is 35.8 Å². The molecule has 1 N–H and O–H groups in total. The molecule has 4 aromatic rings. The molecule has 1 saturated heterocycles. The van der Waals surface area contributed by atoms with Crippen molar-refractivity contribution < 1.29 is 27.6 Å². The number of amides is 3. The standard InChI is InChI=1S/C30H21BrF3N3O4S2/c1-15-6-2-3-11-20(15)35-21(38)14-36-28-25(43-29(36)41)22(16-7-4-9-18(31)12-16)23-24(42-28)27(40)37(26(23)39)19-10-5-8-17(13-19)30(32,33)34/h2-13,22-24H,14H2,1H3,(H,35,38)/t22-,23-,24+/m0/s1. The van der Waals surface area contributed by atoms with Crippen LogP contribution in [0.5, 0.6) is 0 Å². The number of benzene rings is 3. The minimum Gasteiger partial charge on any atom is -0.324 e. The van der Waals surface area contributed by atoms with Crippen molar-refractivity contribution >= 4 is 68.1 Å². The lowest BCUT2D eigenvalue weighted by Crippen LogP contribution is -2.33. The van der Waals surface area contributed by atoms with Crippen LogP contribution in [0.15, 0.2) is 87.1 Å².